The number of carbonyl (C=O) groups is 1. The van der Waals surface area contributed by atoms with Crippen LogP contribution in [0.4, 0.5) is 5.69 Å². The van der Waals surface area contributed by atoms with Gasteiger partial charge < -0.3 is 10.1 Å². The zero-order valence-corrected chi connectivity index (χ0v) is 24.4. The van der Waals surface area contributed by atoms with Crippen LogP contribution in [0.1, 0.15) is 40.7 Å². The van der Waals surface area contributed by atoms with Crippen molar-refractivity contribution < 1.29 is 26.4 Å². The summed E-state index contributed by atoms with van der Waals surface area (Å²) in [5, 5.41) is 2.79. The molecule has 0 radical (unpaired) electrons. The number of piperidine rings is 1. The molecule has 0 saturated carbocycles. The van der Waals surface area contributed by atoms with Crippen molar-refractivity contribution in [2.45, 2.75) is 37.6 Å². The molecule has 9 nitrogen and oxygen atoms in total. The van der Waals surface area contributed by atoms with Crippen molar-refractivity contribution in [2.75, 3.05) is 36.8 Å². The quantitative estimate of drug-likeness (QED) is 0.341. The number of benzene rings is 3. The summed E-state index contributed by atoms with van der Waals surface area (Å²) in [6, 6.07) is 20.4. The van der Waals surface area contributed by atoms with Crippen molar-refractivity contribution in [1.29, 1.82) is 0 Å². The Morgan fingerprint density at radius 2 is 1.60 bits per heavy atom. The first kappa shape index (κ1) is 29.6. The molecule has 3 aromatic rings. The monoisotopic (exact) mass is 585 g/mol. The number of amides is 1. The Bertz CT molecular complexity index is 1520. The number of anilines is 1. The van der Waals surface area contributed by atoms with Crippen molar-refractivity contribution in [3.63, 3.8) is 0 Å². The van der Waals surface area contributed by atoms with Gasteiger partial charge in [0.15, 0.2) is 0 Å². The highest BCUT2D eigenvalue weighted by atomic mass is 32.2. The number of aryl methyl sites for hydroxylation is 1. The van der Waals surface area contributed by atoms with Crippen LogP contribution >= 0.6 is 0 Å². The summed E-state index contributed by atoms with van der Waals surface area (Å²) in [6.45, 7) is 3.62. The van der Waals surface area contributed by atoms with Gasteiger partial charge >= 0.3 is 0 Å². The van der Waals surface area contributed by atoms with E-state index in [1.165, 1.54) is 14.9 Å². The Morgan fingerprint density at radius 3 is 2.23 bits per heavy atom. The second-order valence-corrected chi connectivity index (χ2v) is 13.7. The third-order valence-electron chi connectivity index (χ3n) is 6.67. The van der Waals surface area contributed by atoms with Crippen LogP contribution in [0.2, 0.25) is 0 Å². The molecule has 1 fully saturated rings. The van der Waals surface area contributed by atoms with Crippen LogP contribution in [-0.2, 0) is 26.6 Å². The Kier molecular flexibility index (Phi) is 9.49. The van der Waals surface area contributed by atoms with Gasteiger partial charge in [-0.25, -0.2) is 16.8 Å². The Hall–Kier alpha value is -3.41. The predicted octanol–water partition coefficient (Wildman–Crippen LogP) is 3.94. The molecule has 1 aliphatic rings. The fraction of sp³-hybridized carbons (Fsp3) is 0.345. The molecule has 0 bridgehead atoms. The van der Waals surface area contributed by atoms with E-state index in [1.54, 1.807) is 54.6 Å². The molecule has 0 aliphatic carbocycles. The number of nitrogens with zero attached hydrogens (tertiary/aromatic N) is 2. The van der Waals surface area contributed by atoms with Gasteiger partial charge in [-0.3, -0.25) is 9.10 Å². The average molecular weight is 586 g/mol. The van der Waals surface area contributed by atoms with Gasteiger partial charge in [-0.05, 0) is 79.4 Å². The molecule has 1 heterocycles. The van der Waals surface area contributed by atoms with Gasteiger partial charge in [-0.15, -0.1) is 0 Å². The van der Waals surface area contributed by atoms with Gasteiger partial charge in [-0.2, -0.15) is 4.31 Å². The van der Waals surface area contributed by atoms with E-state index in [1.807, 2.05) is 25.1 Å². The minimum absolute atomic E-state index is 0.149. The smallest absolute Gasteiger partial charge is 0.251 e. The largest absolute Gasteiger partial charge is 0.492 e. The van der Waals surface area contributed by atoms with Gasteiger partial charge in [0.2, 0.25) is 20.0 Å². The Morgan fingerprint density at radius 1 is 0.925 bits per heavy atom. The van der Waals surface area contributed by atoms with Crippen LogP contribution in [0.15, 0.2) is 77.7 Å². The maximum absolute atomic E-state index is 12.8. The van der Waals surface area contributed by atoms with Crippen molar-refractivity contribution >= 4 is 31.6 Å². The summed E-state index contributed by atoms with van der Waals surface area (Å²) in [4.78, 5) is 12.8. The number of sulfonamides is 2. The molecule has 1 amide bonds. The maximum Gasteiger partial charge on any atom is 0.251 e. The molecule has 0 spiro atoms. The highest BCUT2D eigenvalue weighted by Gasteiger charge is 2.25. The van der Waals surface area contributed by atoms with Crippen molar-refractivity contribution in [3.05, 3.63) is 89.5 Å². The Labute approximate surface area is 236 Å². The lowest BCUT2D eigenvalue weighted by Crippen LogP contribution is -2.35. The molecule has 214 valence electrons. The number of hydrogen-bond acceptors (Lipinski definition) is 6. The van der Waals surface area contributed by atoms with E-state index in [0.717, 1.165) is 30.4 Å². The molecule has 1 saturated heterocycles. The Balaban J connectivity index is 1.27. The summed E-state index contributed by atoms with van der Waals surface area (Å²) in [5.74, 6) is 0.233. The van der Waals surface area contributed by atoms with Gasteiger partial charge in [0.05, 0.1) is 29.9 Å². The van der Waals surface area contributed by atoms with Crippen LogP contribution in [-0.4, -0.2) is 59.5 Å². The second-order valence-electron chi connectivity index (χ2n) is 9.85. The van der Waals surface area contributed by atoms with Gasteiger partial charge in [-0.1, -0.05) is 30.7 Å². The molecule has 4 rings (SSSR count). The SMILES string of the molecule is Cc1cccc(N(Cc2ccc(C(=O)NCCOc3ccc(S(=O)(=O)N4CCCCC4)cc3)cc2)S(C)(=O)=O)c1. The van der Waals surface area contributed by atoms with Gasteiger partial charge in [0, 0.05) is 18.7 Å². The first-order chi connectivity index (χ1) is 19.0. The van der Waals surface area contributed by atoms with Crippen molar-refractivity contribution in [3.8, 4) is 5.75 Å². The van der Waals surface area contributed by atoms with Crippen LogP contribution in [0.5, 0.6) is 5.75 Å². The maximum atomic E-state index is 12.8. The average Bonchev–Trinajstić information content (AvgIpc) is 2.94. The number of ether oxygens (including phenoxy) is 1. The molecule has 1 N–H and O–H groups in total. The van der Waals surface area contributed by atoms with Crippen molar-refractivity contribution in [2.24, 2.45) is 0 Å². The topological polar surface area (TPSA) is 113 Å². The first-order valence-corrected chi connectivity index (χ1v) is 16.5. The highest BCUT2D eigenvalue weighted by Crippen LogP contribution is 2.23. The summed E-state index contributed by atoms with van der Waals surface area (Å²) in [6.07, 6.45) is 3.99. The van der Waals surface area contributed by atoms with E-state index in [-0.39, 0.29) is 30.5 Å². The van der Waals surface area contributed by atoms with E-state index >= 15 is 0 Å². The van der Waals surface area contributed by atoms with E-state index in [0.29, 0.717) is 30.1 Å². The summed E-state index contributed by atoms with van der Waals surface area (Å²) in [7, 11) is -7.00. The molecule has 0 aromatic heterocycles. The number of hydrogen-bond donors (Lipinski definition) is 1. The zero-order chi connectivity index (χ0) is 28.8. The molecule has 1 aliphatic heterocycles. The zero-order valence-electron chi connectivity index (χ0n) is 22.7. The lowest BCUT2D eigenvalue weighted by Gasteiger charge is -2.25. The normalized spacial score (nSPS) is 14.4. The number of nitrogens with one attached hydrogen (secondary N) is 1. The number of rotatable bonds is 11. The lowest BCUT2D eigenvalue weighted by molar-refractivity contribution is 0.0947. The standard InChI is InChI=1S/C29H35N3O6S2/c1-23-7-6-8-26(21-23)32(39(2,34)35)22-24-9-11-25(12-10-24)29(33)30-17-20-38-27-13-15-28(16-14-27)40(36,37)31-18-4-3-5-19-31/h6-16,21H,3-5,17-20,22H2,1-2H3,(H,30,33). The number of carbonyl (C=O) groups excluding carboxylic acids is 1. The molecular weight excluding hydrogens is 550 g/mol. The van der Waals surface area contributed by atoms with Crippen LogP contribution in [0, 0.1) is 6.92 Å². The van der Waals surface area contributed by atoms with Gasteiger partial charge in [0.1, 0.15) is 12.4 Å². The fourth-order valence-corrected chi connectivity index (χ4v) is 6.91. The van der Waals surface area contributed by atoms with E-state index in [9.17, 15) is 21.6 Å². The molecule has 11 heteroatoms. The lowest BCUT2D eigenvalue weighted by atomic mass is 10.1. The summed E-state index contributed by atoms with van der Waals surface area (Å²) < 4.78 is 58.9. The van der Waals surface area contributed by atoms with E-state index < -0.39 is 20.0 Å². The third kappa shape index (κ3) is 7.61. The first-order valence-electron chi connectivity index (χ1n) is 13.2. The molecule has 0 atom stereocenters. The fourth-order valence-electron chi connectivity index (χ4n) is 4.51. The van der Waals surface area contributed by atoms with E-state index in [4.69, 9.17) is 4.74 Å². The van der Waals surface area contributed by atoms with Crippen molar-refractivity contribution in [1.82, 2.24) is 9.62 Å². The minimum atomic E-state index is -3.50. The minimum Gasteiger partial charge on any atom is -0.492 e. The molecule has 0 unspecified atom stereocenters. The van der Waals surface area contributed by atoms with Gasteiger partial charge in [0.25, 0.3) is 5.91 Å². The molecule has 3 aromatic carbocycles. The van der Waals surface area contributed by atoms with E-state index in [2.05, 4.69) is 5.32 Å². The summed E-state index contributed by atoms with van der Waals surface area (Å²) in [5.41, 5.74) is 2.73. The van der Waals surface area contributed by atoms with Crippen LogP contribution in [0.3, 0.4) is 0 Å². The predicted molar refractivity (Wildman–Crippen MR) is 156 cm³/mol. The second kappa shape index (κ2) is 12.8. The summed E-state index contributed by atoms with van der Waals surface area (Å²) >= 11 is 0. The molecular formula is C29H35N3O6S2. The van der Waals surface area contributed by atoms with Crippen LogP contribution < -0.4 is 14.4 Å². The van der Waals surface area contributed by atoms with Crippen LogP contribution in [0.25, 0.3) is 0 Å². The molecule has 40 heavy (non-hydrogen) atoms. The third-order valence-corrected chi connectivity index (χ3v) is 9.72. The highest BCUT2D eigenvalue weighted by molar-refractivity contribution is 7.92.